The predicted molar refractivity (Wildman–Crippen MR) is 151 cm³/mol. The van der Waals surface area contributed by atoms with Gasteiger partial charge in [0.25, 0.3) is 5.91 Å². The number of nitrogen functional groups attached to an aromatic ring is 1. The number of nitrogens with two attached hydrogens (primary N) is 1. The van der Waals surface area contributed by atoms with Crippen LogP contribution in [0.15, 0.2) is 60.8 Å². The summed E-state index contributed by atoms with van der Waals surface area (Å²) >= 11 is 1.59. The minimum atomic E-state index is 0.00664. The molecule has 2 aliphatic heterocycles. The van der Waals surface area contributed by atoms with Gasteiger partial charge in [0.15, 0.2) is 0 Å². The van der Waals surface area contributed by atoms with Gasteiger partial charge in [-0.1, -0.05) is 24.3 Å². The molecule has 2 fully saturated rings. The topological polar surface area (TPSA) is 95.7 Å². The van der Waals surface area contributed by atoms with E-state index in [1.54, 1.807) is 17.5 Å². The van der Waals surface area contributed by atoms with E-state index < -0.39 is 0 Å². The van der Waals surface area contributed by atoms with Crippen LogP contribution in [-0.2, 0) is 4.79 Å². The molecule has 9 heteroatoms. The number of para-hydroxylation sites is 1. The fourth-order valence-electron chi connectivity index (χ4n) is 5.17. The molecule has 6 rings (SSSR count). The molecule has 0 atom stereocenters. The van der Waals surface area contributed by atoms with Gasteiger partial charge >= 0.3 is 0 Å². The van der Waals surface area contributed by atoms with E-state index in [0.717, 1.165) is 57.8 Å². The first-order valence-corrected chi connectivity index (χ1v) is 13.9. The fraction of sp³-hybridized carbons (Fsp3) is 0.310. The highest BCUT2D eigenvalue weighted by atomic mass is 32.1. The highest BCUT2D eigenvalue weighted by Crippen LogP contribution is 2.35. The molecule has 0 aliphatic carbocycles. The normalized spacial score (nSPS) is 16.3. The fourth-order valence-corrected chi connectivity index (χ4v) is 6.16. The second-order valence-electron chi connectivity index (χ2n) is 9.88. The highest BCUT2D eigenvalue weighted by molar-refractivity contribution is 7.21. The number of hydrogen-bond acceptors (Lipinski definition) is 7. The quantitative estimate of drug-likeness (QED) is 0.423. The average Bonchev–Trinajstić information content (AvgIpc) is 3.64. The van der Waals surface area contributed by atoms with Gasteiger partial charge in [0.05, 0.1) is 22.3 Å². The molecule has 8 nitrogen and oxygen atoms in total. The largest absolute Gasteiger partial charge is 0.383 e. The summed E-state index contributed by atoms with van der Waals surface area (Å²) in [5.41, 5.74) is 10.4. The Morgan fingerprint density at radius 1 is 0.868 bits per heavy atom. The summed E-state index contributed by atoms with van der Waals surface area (Å²) in [5, 5.41) is 0.825. The Morgan fingerprint density at radius 3 is 2.45 bits per heavy atom. The number of aromatic nitrogens is 2. The number of hydrogen-bond donors (Lipinski definition) is 1. The summed E-state index contributed by atoms with van der Waals surface area (Å²) in [5.74, 6) is 0.644. The van der Waals surface area contributed by atoms with Gasteiger partial charge in [0.2, 0.25) is 5.91 Å². The van der Waals surface area contributed by atoms with Crippen molar-refractivity contribution in [1.82, 2.24) is 24.7 Å². The maximum absolute atomic E-state index is 13.4. The third-order valence-electron chi connectivity index (χ3n) is 7.36. The van der Waals surface area contributed by atoms with Gasteiger partial charge in [-0.25, -0.2) is 9.97 Å². The van der Waals surface area contributed by atoms with Crippen molar-refractivity contribution in [3.8, 4) is 21.7 Å². The van der Waals surface area contributed by atoms with Crippen LogP contribution in [0.5, 0.6) is 0 Å². The van der Waals surface area contributed by atoms with Crippen molar-refractivity contribution in [3.63, 3.8) is 0 Å². The van der Waals surface area contributed by atoms with Crippen LogP contribution in [0, 0.1) is 0 Å². The number of fused-ring (bicyclic) bond motifs is 1. The van der Waals surface area contributed by atoms with Gasteiger partial charge in [-0.2, -0.15) is 0 Å². The number of benzene rings is 2. The van der Waals surface area contributed by atoms with Crippen LogP contribution in [0.1, 0.15) is 23.2 Å². The van der Waals surface area contributed by atoms with Crippen molar-refractivity contribution in [2.24, 2.45) is 0 Å². The second-order valence-corrected chi connectivity index (χ2v) is 10.9. The van der Waals surface area contributed by atoms with E-state index in [0.29, 0.717) is 44.1 Å². The van der Waals surface area contributed by atoms with Crippen LogP contribution in [0.25, 0.3) is 31.9 Å². The highest BCUT2D eigenvalue weighted by Gasteiger charge is 2.26. The molecular formula is C29H30N6O2S. The predicted octanol–water partition coefficient (Wildman–Crippen LogP) is 3.99. The zero-order valence-electron chi connectivity index (χ0n) is 21.2. The maximum atomic E-state index is 13.4. The van der Waals surface area contributed by atoms with Crippen molar-refractivity contribution in [3.05, 3.63) is 66.4 Å². The summed E-state index contributed by atoms with van der Waals surface area (Å²) in [6, 6.07) is 17.7. The molecule has 38 heavy (non-hydrogen) atoms. The summed E-state index contributed by atoms with van der Waals surface area (Å²) in [4.78, 5) is 41.0. The van der Waals surface area contributed by atoms with Gasteiger partial charge in [0, 0.05) is 56.6 Å². The molecule has 2 amide bonds. The molecule has 4 heterocycles. The van der Waals surface area contributed by atoms with Crippen LogP contribution in [0.2, 0.25) is 0 Å². The van der Waals surface area contributed by atoms with Crippen molar-refractivity contribution in [1.29, 1.82) is 0 Å². The molecule has 0 spiro atoms. The molecule has 0 saturated carbocycles. The minimum absolute atomic E-state index is 0.00664. The maximum Gasteiger partial charge on any atom is 0.253 e. The van der Waals surface area contributed by atoms with Gasteiger partial charge in [-0.05, 0) is 48.7 Å². The molecule has 0 unspecified atom stereocenters. The van der Waals surface area contributed by atoms with Gasteiger partial charge < -0.3 is 15.5 Å². The second kappa shape index (κ2) is 10.5. The van der Waals surface area contributed by atoms with E-state index in [-0.39, 0.29) is 11.8 Å². The molecular weight excluding hydrogens is 496 g/mol. The standard InChI is InChI=1S/C29H30N6O2S/c30-27-23(28-32-24-8-1-2-9-25(24)38-28)17-22(18-31-27)20-6-5-7-21(16-20)29(37)35-14-12-33(13-15-35)19-26(36)34-10-3-4-11-34/h1-2,5-9,16-18H,3-4,10-15,19H2,(H2,30,31). The summed E-state index contributed by atoms with van der Waals surface area (Å²) < 4.78 is 1.10. The molecule has 0 bridgehead atoms. The molecule has 2 aromatic carbocycles. The number of carbonyl (C=O) groups excluding carboxylic acids is 2. The Kier molecular flexibility index (Phi) is 6.78. The SMILES string of the molecule is Nc1ncc(-c2cccc(C(=O)N3CCN(CC(=O)N4CCCC4)CC3)c2)cc1-c1nc2ccccc2s1. The lowest BCUT2D eigenvalue weighted by Crippen LogP contribution is -2.51. The van der Waals surface area contributed by atoms with E-state index in [2.05, 4.69) is 9.88 Å². The molecule has 2 saturated heterocycles. The number of thiazole rings is 1. The smallest absolute Gasteiger partial charge is 0.253 e. The van der Waals surface area contributed by atoms with E-state index >= 15 is 0 Å². The number of rotatable bonds is 5. The lowest BCUT2D eigenvalue weighted by atomic mass is 10.0. The molecule has 2 aliphatic rings. The first-order chi connectivity index (χ1) is 18.5. The van der Waals surface area contributed by atoms with Crippen LogP contribution in [0.3, 0.4) is 0 Å². The third-order valence-corrected chi connectivity index (χ3v) is 8.43. The van der Waals surface area contributed by atoms with E-state index in [9.17, 15) is 9.59 Å². The van der Waals surface area contributed by atoms with Crippen LogP contribution in [0.4, 0.5) is 5.82 Å². The van der Waals surface area contributed by atoms with Gasteiger partial charge in [-0.15, -0.1) is 11.3 Å². The number of likely N-dealkylation sites (tertiary alicyclic amines) is 1. The number of pyridine rings is 1. The number of amides is 2. The lowest BCUT2D eigenvalue weighted by Gasteiger charge is -2.35. The number of piperazine rings is 1. The Morgan fingerprint density at radius 2 is 1.66 bits per heavy atom. The molecule has 2 aromatic heterocycles. The number of carbonyl (C=O) groups is 2. The van der Waals surface area contributed by atoms with Crippen LogP contribution < -0.4 is 5.73 Å². The Balaban J connectivity index is 1.16. The van der Waals surface area contributed by atoms with E-state index in [4.69, 9.17) is 10.7 Å². The summed E-state index contributed by atoms with van der Waals surface area (Å²) in [7, 11) is 0. The number of anilines is 1. The summed E-state index contributed by atoms with van der Waals surface area (Å²) in [6.45, 7) is 4.83. The van der Waals surface area contributed by atoms with Crippen molar-refractivity contribution >= 4 is 39.2 Å². The lowest BCUT2D eigenvalue weighted by molar-refractivity contribution is -0.131. The van der Waals surface area contributed by atoms with Crippen molar-refractivity contribution in [2.75, 3.05) is 51.5 Å². The van der Waals surface area contributed by atoms with Crippen molar-refractivity contribution < 1.29 is 9.59 Å². The molecule has 0 radical (unpaired) electrons. The van der Waals surface area contributed by atoms with Crippen LogP contribution >= 0.6 is 11.3 Å². The zero-order valence-corrected chi connectivity index (χ0v) is 22.0. The van der Waals surface area contributed by atoms with E-state index in [1.165, 1.54) is 0 Å². The Labute approximate surface area is 225 Å². The van der Waals surface area contributed by atoms with E-state index in [1.807, 2.05) is 64.4 Å². The average molecular weight is 527 g/mol. The summed E-state index contributed by atoms with van der Waals surface area (Å²) in [6.07, 6.45) is 3.94. The monoisotopic (exact) mass is 526 g/mol. The molecule has 2 N–H and O–H groups in total. The first-order valence-electron chi connectivity index (χ1n) is 13.1. The zero-order chi connectivity index (χ0) is 26.1. The third kappa shape index (κ3) is 4.99. The first kappa shape index (κ1) is 24.5. The van der Waals surface area contributed by atoms with Gasteiger partial charge in [-0.3, -0.25) is 14.5 Å². The van der Waals surface area contributed by atoms with Crippen LogP contribution in [-0.4, -0.2) is 82.3 Å². The Hall–Kier alpha value is -3.82. The minimum Gasteiger partial charge on any atom is -0.383 e. The van der Waals surface area contributed by atoms with Gasteiger partial charge in [0.1, 0.15) is 10.8 Å². The Bertz CT molecular complexity index is 1450. The number of nitrogens with zero attached hydrogens (tertiary/aromatic N) is 5. The van der Waals surface area contributed by atoms with Crippen molar-refractivity contribution in [2.45, 2.75) is 12.8 Å². The molecule has 194 valence electrons. The molecule has 4 aromatic rings.